The predicted molar refractivity (Wildman–Crippen MR) is 52.7 cm³/mol. The fraction of sp³-hybridized carbons (Fsp3) is 0.500. The molecule has 0 saturated heterocycles. The van der Waals surface area contributed by atoms with E-state index in [2.05, 4.69) is 15.3 Å². The summed E-state index contributed by atoms with van der Waals surface area (Å²) in [5.74, 6) is 0.775. The highest BCUT2D eigenvalue weighted by Crippen LogP contribution is 2.11. The van der Waals surface area contributed by atoms with Gasteiger partial charge in [-0.05, 0) is 13.1 Å². The normalized spacial score (nSPS) is 12.8. The summed E-state index contributed by atoms with van der Waals surface area (Å²) < 4.78 is 0. The van der Waals surface area contributed by atoms with E-state index >= 15 is 0 Å². The largest absolute Gasteiger partial charge is 0.395 e. The lowest BCUT2D eigenvalue weighted by Gasteiger charge is -2.10. The van der Waals surface area contributed by atoms with E-state index in [0.717, 1.165) is 10.9 Å². The summed E-state index contributed by atoms with van der Waals surface area (Å²) in [7, 11) is 1.83. The Labute approximate surface area is 81.8 Å². The highest BCUT2D eigenvalue weighted by Gasteiger charge is 2.05. The third kappa shape index (κ3) is 3.71. The predicted octanol–water partition coefficient (Wildman–Crippen LogP) is 0.149. The Bertz CT molecular complexity index is 228. The molecule has 1 aromatic heterocycles. The average Bonchev–Trinajstić information content (AvgIpc) is 2.21. The van der Waals surface area contributed by atoms with Crippen LogP contribution < -0.4 is 5.32 Å². The molecule has 0 radical (unpaired) electrons. The van der Waals surface area contributed by atoms with Gasteiger partial charge >= 0.3 is 0 Å². The zero-order valence-corrected chi connectivity index (χ0v) is 8.29. The molecule has 0 aliphatic rings. The summed E-state index contributed by atoms with van der Waals surface area (Å²) in [5, 5.41) is 12.6. The standard InChI is InChI=1S/C8H13N3OS/c1-9-7(5-12)6-13-8-10-3-2-4-11-8/h2-4,7,9,12H,5-6H2,1H3. The van der Waals surface area contributed by atoms with Crippen molar-refractivity contribution in [2.75, 3.05) is 19.4 Å². The number of aromatic nitrogens is 2. The maximum atomic E-state index is 8.89. The van der Waals surface area contributed by atoms with Crippen molar-refractivity contribution in [3.05, 3.63) is 18.5 Å². The van der Waals surface area contributed by atoms with Crippen LogP contribution in [-0.2, 0) is 0 Å². The Morgan fingerprint density at radius 1 is 1.54 bits per heavy atom. The second-order valence-electron chi connectivity index (χ2n) is 2.51. The van der Waals surface area contributed by atoms with Crippen LogP contribution in [0.3, 0.4) is 0 Å². The number of aliphatic hydroxyl groups excluding tert-OH is 1. The maximum absolute atomic E-state index is 8.89. The molecule has 1 heterocycles. The van der Waals surface area contributed by atoms with Crippen molar-refractivity contribution in [3.63, 3.8) is 0 Å². The topological polar surface area (TPSA) is 58.0 Å². The van der Waals surface area contributed by atoms with Crippen molar-refractivity contribution in [1.29, 1.82) is 0 Å². The fourth-order valence-corrected chi connectivity index (χ4v) is 1.66. The Balaban J connectivity index is 2.34. The van der Waals surface area contributed by atoms with Crippen LogP contribution in [0.15, 0.2) is 23.6 Å². The number of nitrogens with one attached hydrogen (secondary N) is 1. The molecule has 0 aliphatic carbocycles. The molecule has 0 fully saturated rings. The lowest BCUT2D eigenvalue weighted by molar-refractivity contribution is 0.260. The Kier molecular flexibility index (Phi) is 4.74. The molecule has 0 spiro atoms. The molecular formula is C8H13N3OS. The molecule has 13 heavy (non-hydrogen) atoms. The number of rotatable bonds is 5. The van der Waals surface area contributed by atoms with E-state index in [0.29, 0.717) is 0 Å². The summed E-state index contributed by atoms with van der Waals surface area (Å²) in [6, 6.07) is 1.89. The molecule has 1 atom stereocenters. The van der Waals surface area contributed by atoms with Gasteiger partial charge in [-0.3, -0.25) is 0 Å². The molecular weight excluding hydrogens is 186 g/mol. The monoisotopic (exact) mass is 199 g/mol. The first-order chi connectivity index (χ1) is 6.36. The van der Waals surface area contributed by atoms with Crippen LogP contribution in [-0.4, -0.2) is 40.5 Å². The highest BCUT2D eigenvalue weighted by molar-refractivity contribution is 7.99. The SMILES string of the molecule is CNC(CO)CSc1ncccn1. The van der Waals surface area contributed by atoms with Gasteiger partial charge in [0.2, 0.25) is 0 Å². The number of nitrogens with zero attached hydrogens (tertiary/aromatic N) is 2. The van der Waals surface area contributed by atoms with Crippen molar-refractivity contribution in [3.8, 4) is 0 Å². The van der Waals surface area contributed by atoms with Crippen molar-refractivity contribution in [2.24, 2.45) is 0 Å². The maximum Gasteiger partial charge on any atom is 0.187 e. The first-order valence-electron chi connectivity index (χ1n) is 4.04. The van der Waals surface area contributed by atoms with Gasteiger partial charge in [0, 0.05) is 24.2 Å². The summed E-state index contributed by atoms with van der Waals surface area (Å²) in [6.07, 6.45) is 3.42. The quantitative estimate of drug-likeness (QED) is 0.522. The summed E-state index contributed by atoms with van der Waals surface area (Å²) in [4.78, 5) is 8.12. The third-order valence-electron chi connectivity index (χ3n) is 1.58. The number of thioether (sulfide) groups is 1. The average molecular weight is 199 g/mol. The Morgan fingerprint density at radius 3 is 2.77 bits per heavy atom. The van der Waals surface area contributed by atoms with Crippen LogP contribution in [0.1, 0.15) is 0 Å². The van der Waals surface area contributed by atoms with Gasteiger partial charge in [0.25, 0.3) is 0 Å². The van der Waals surface area contributed by atoms with E-state index in [1.807, 2.05) is 7.05 Å². The van der Waals surface area contributed by atoms with Gasteiger partial charge in [-0.1, -0.05) is 11.8 Å². The second-order valence-corrected chi connectivity index (χ2v) is 3.50. The number of hydrogen-bond donors (Lipinski definition) is 2. The molecule has 0 aliphatic heterocycles. The van der Waals surface area contributed by atoms with Crippen molar-refractivity contribution in [1.82, 2.24) is 15.3 Å². The minimum absolute atomic E-state index is 0.105. The first kappa shape index (κ1) is 10.4. The number of hydrogen-bond acceptors (Lipinski definition) is 5. The number of aliphatic hydroxyl groups is 1. The molecule has 5 heteroatoms. The zero-order valence-electron chi connectivity index (χ0n) is 7.47. The molecule has 0 aromatic carbocycles. The van der Waals surface area contributed by atoms with Gasteiger partial charge < -0.3 is 10.4 Å². The Hall–Kier alpha value is -0.650. The molecule has 0 saturated carbocycles. The molecule has 2 N–H and O–H groups in total. The van der Waals surface area contributed by atoms with Crippen LogP contribution in [0.2, 0.25) is 0 Å². The molecule has 72 valence electrons. The highest BCUT2D eigenvalue weighted by atomic mass is 32.2. The van der Waals surface area contributed by atoms with E-state index in [1.54, 1.807) is 18.5 Å². The molecule has 1 rings (SSSR count). The minimum atomic E-state index is 0.105. The lowest BCUT2D eigenvalue weighted by Crippen LogP contribution is -2.31. The van der Waals surface area contributed by atoms with Crippen LogP contribution >= 0.6 is 11.8 Å². The van der Waals surface area contributed by atoms with Gasteiger partial charge in [0.1, 0.15) is 0 Å². The van der Waals surface area contributed by atoms with Crippen LogP contribution in [0.5, 0.6) is 0 Å². The van der Waals surface area contributed by atoms with Crippen molar-refractivity contribution < 1.29 is 5.11 Å². The van der Waals surface area contributed by atoms with Crippen molar-refractivity contribution >= 4 is 11.8 Å². The minimum Gasteiger partial charge on any atom is -0.395 e. The summed E-state index contributed by atoms with van der Waals surface area (Å²) in [6.45, 7) is 0.135. The summed E-state index contributed by atoms with van der Waals surface area (Å²) in [5.41, 5.74) is 0. The zero-order chi connectivity index (χ0) is 9.52. The molecule has 0 bridgehead atoms. The van der Waals surface area contributed by atoms with E-state index < -0.39 is 0 Å². The lowest BCUT2D eigenvalue weighted by atomic mass is 10.4. The van der Waals surface area contributed by atoms with E-state index in [9.17, 15) is 0 Å². The van der Waals surface area contributed by atoms with Gasteiger partial charge in [-0.25, -0.2) is 9.97 Å². The van der Waals surface area contributed by atoms with Crippen molar-refractivity contribution in [2.45, 2.75) is 11.2 Å². The van der Waals surface area contributed by atoms with Crippen LogP contribution in [0.4, 0.5) is 0 Å². The van der Waals surface area contributed by atoms with Gasteiger partial charge in [0.15, 0.2) is 5.16 Å². The van der Waals surface area contributed by atoms with Gasteiger partial charge in [0.05, 0.1) is 6.61 Å². The van der Waals surface area contributed by atoms with Gasteiger partial charge in [-0.15, -0.1) is 0 Å². The van der Waals surface area contributed by atoms with E-state index in [1.165, 1.54) is 11.8 Å². The summed E-state index contributed by atoms with van der Waals surface area (Å²) >= 11 is 1.53. The molecule has 4 nitrogen and oxygen atoms in total. The van der Waals surface area contributed by atoms with Crippen LogP contribution in [0.25, 0.3) is 0 Å². The van der Waals surface area contributed by atoms with E-state index in [4.69, 9.17) is 5.11 Å². The van der Waals surface area contributed by atoms with Gasteiger partial charge in [-0.2, -0.15) is 0 Å². The fourth-order valence-electron chi connectivity index (χ4n) is 0.762. The smallest absolute Gasteiger partial charge is 0.187 e. The number of likely N-dealkylation sites (N-methyl/N-ethyl adjacent to an activating group) is 1. The third-order valence-corrected chi connectivity index (χ3v) is 2.62. The van der Waals surface area contributed by atoms with Crippen LogP contribution in [0, 0.1) is 0 Å². The molecule has 1 aromatic rings. The molecule has 1 unspecified atom stereocenters. The molecule has 0 amide bonds. The Morgan fingerprint density at radius 2 is 2.23 bits per heavy atom. The second kappa shape index (κ2) is 5.90. The van der Waals surface area contributed by atoms with E-state index in [-0.39, 0.29) is 12.6 Å². The first-order valence-corrected chi connectivity index (χ1v) is 5.03.